The number of aryl methyl sites for hydroxylation is 2. The van der Waals surface area contributed by atoms with Crippen LogP contribution in [0.2, 0.25) is 0 Å². The first kappa shape index (κ1) is 16.0. The van der Waals surface area contributed by atoms with E-state index in [1.54, 1.807) is 0 Å². The zero-order chi connectivity index (χ0) is 16.4. The standard InChI is InChI=1S/C16H25N5O2/c1-3-20-11-16(10-15(20)23)6-8-21(9-7-16)14(22)5-4-13-17-12(2)18-19-13/h3-11H2,1-2H3,(H,17,18,19). The van der Waals surface area contributed by atoms with Gasteiger partial charge in [0.05, 0.1) is 0 Å². The van der Waals surface area contributed by atoms with Crippen LogP contribution in [0.3, 0.4) is 0 Å². The number of nitrogens with one attached hydrogen (secondary N) is 1. The smallest absolute Gasteiger partial charge is 0.223 e. The largest absolute Gasteiger partial charge is 0.343 e. The third-order valence-electron chi connectivity index (χ3n) is 5.17. The lowest BCUT2D eigenvalue weighted by Crippen LogP contribution is -2.44. The van der Waals surface area contributed by atoms with Gasteiger partial charge in [0.1, 0.15) is 5.82 Å². The fourth-order valence-electron chi connectivity index (χ4n) is 3.71. The van der Waals surface area contributed by atoms with Crippen molar-refractivity contribution >= 4 is 11.8 Å². The Morgan fingerprint density at radius 1 is 1.35 bits per heavy atom. The number of nitrogens with zero attached hydrogens (tertiary/aromatic N) is 4. The second-order valence-electron chi connectivity index (χ2n) is 6.80. The topological polar surface area (TPSA) is 82.2 Å². The third-order valence-corrected chi connectivity index (χ3v) is 5.17. The van der Waals surface area contributed by atoms with Crippen LogP contribution in [0.1, 0.15) is 44.3 Å². The average Bonchev–Trinajstić information content (AvgIpc) is 3.09. The van der Waals surface area contributed by atoms with E-state index in [1.165, 1.54) is 0 Å². The van der Waals surface area contributed by atoms with Gasteiger partial charge in [0.2, 0.25) is 11.8 Å². The highest BCUT2D eigenvalue weighted by molar-refractivity contribution is 5.80. The van der Waals surface area contributed by atoms with Gasteiger partial charge in [0.25, 0.3) is 0 Å². The van der Waals surface area contributed by atoms with E-state index in [9.17, 15) is 9.59 Å². The first-order valence-corrected chi connectivity index (χ1v) is 8.45. The molecule has 1 N–H and O–H groups in total. The first-order valence-electron chi connectivity index (χ1n) is 8.45. The van der Waals surface area contributed by atoms with Crippen molar-refractivity contribution < 1.29 is 9.59 Å². The molecule has 1 aromatic rings. The molecule has 126 valence electrons. The molecule has 3 rings (SSSR count). The summed E-state index contributed by atoms with van der Waals surface area (Å²) >= 11 is 0. The van der Waals surface area contributed by atoms with Gasteiger partial charge in [-0.3, -0.25) is 14.7 Å². The van der Waals surface area contributed by atoms with Crippen LogP contribution >= 0.6 is 0 Å². The Morgan fingerprint density at radius 2 is 2.09 bits per heavy atom. The van der Waals surface area contributed by atoms with Gasteiger partial charge in [0.15, 0.2) is 5.82 Å². The van der Waals surface area contributed by atoms with Crippen molar-refractivity contribution in [3.8, 4) is 0 Å². The molecular formula is C16H25N5O2. The lowest BCUT2D eigenvalue weighted by molar-refractivity contribution is -0.133. The van der Waals surface area contributed by atoms with Gasteiger partial charge in [-0.05, 0) is 26.7 Å². The quantitative estimate of drug-likeness (QED) is 0.894. The fourth-order valence-corrected chi connectivity index (χ4v) is 3.71. The molecule has 0 saturated carbocycles. The molecule has 23 heavy (non-hydrogen) atoms. The summed E-state index contributed by atoms with van der Waals surface area (Å²) < 4.78 is 0. The van der Waals surface area contributed by atoms with Gasteiger partial charge in [-0.15, -0.1) is 0 Å². The number of hydrogen-bond donors (Lipinski definition) is 1. The van der Waals surface area contributed by atoms with E-state index < -0.39 is 0 Å². The minimum atomic E-state index is 0.102. The van der Waals surface area contributed by atoms with Crippen molar-refractivity contribution in [2.24, 2.45) is 5.41 Å². The van der Waals surface area contributed by atoms with E-state index in [2.05, 4.69) is 15.2 Å². The SMILES string of the molecule is CCN1CC2(CCN(C(=O)CCc3n[nH]c(C)n3)CC2)CC1=O. The number of carbonyl (C=O) groups is 2. The zero-order valence-electron chi connectivity index (χ0n) is 14.0. The zero-order valence-corrected chi connectivity index (χ0v) is 14.0. The molecule has 0 aromatic carbocycles. The van der Waals surface area contributed by atoms with Crippen molar-refractivity contribution in [1.29, 1.82) is 0 Å². The summed E-state index contributed by atoms with van der Waals surface area (Å²) in [6.07, 6.45) is 3.54. The Morgan fingerprint density at radius 3 is 2.65 bits per heavy atom. The summed E-state index contributed by atoms with van der Waals surface area (Å²) in [4.78, 5) is 32.4. The van der Waals surface area contributed by atoms with E-state index in [-0.39, 0.29) is 17.2 Å². The van der Waals surface area contributed by atoms with Crippen LogP contribution < -0.4 is 0 Å². The Balaban J connectivity index is 1.49. The summed E-state index contributed by atoms with van der Waals surface area (Å²) in [5, 5.41) is 6.86. The monoisotopic (exact) mass is 319 g/mol. The molecule has 0 bridgehead atoms. The van der Waals surface area contributed by atoms with Crippen LogP contribution in [0.5, 0.6) is 0 Å². The highest BCUT2D eigenvalue weighted by Gasteiger charge is 2.44. The van der Waals surface area contributed by atoms with Gasteiger partial charge >= 0.3 is 0 Å². The molecular weight excluding hydrogens is 294 g/mol. The molecule has 2 fully saturated rings. The number of piperidine rings is 1. The lowest BCUT2D eigenvalue weighted by Gasteiger charge is -2.38. The summed E-state index contributed by atoms with van der Waals surface area (Å²) in [6.45, 7) is 7.05. The first-order chi connectivity index (χ1) is 11.0. The van der Waals surface area contributed by atoms with Crippen LogP contribution in [0.15, 0.2) is 0 Å². The predicted octanol–water partition coefficient (Wildman–Crippen LogP) is 0.907. The highest BCUT2D eigenvalue weighted by Crippen LogP contribution is 2.40. The molecule has 7 heteroatoms. The van der Waals surface area contributed by atoms with Crippen LogP contribution in [-0.4, -0.2) is 63.0 Å². The van der Waals surface area contributed by atoms with Gasteiger partial charge in [-0.1, -0.05) is 0 Å². The number of H-pyrrole nitrogens is 1. The lowest BCUT2D eigenvalue weighted by atomic mass is 9.77. The van der Waals surface area contributed by atoms with Crippen molar-refractivity contribution in [1.82, 2.24) is 25.0 Å². The molecule has 0 unspecified atom stereocenters. The van der Waals surface area contributed by atoms with Crippen LogP contribution in [0, 0.1) is 12.3 Å². The summed E-state index contributed by atoms with van der Waals surface area (Å²) in [5.74, 6) is 1.91. The Labute approximate surface area is 136 Å². The van der Waals surface area contributed by atoms with E-state index in [0.29, 0.717) is 25.1 Å². The molecule has 1 spiro atoms. The molecule has 3 heterocycles. The second kappa shape index (κ2) is 6.29. The number of hydrogen-bond acceptors (Lipinski definition) is 4. The number of likely N-dealkylation sites (tertiary alicyclic amines) is 2. The van der Waals surface area contributed by atoms with Crippen molar-refractivity contribution in [2.45, 2.75) is 46.0 Å². The summed E-state index contributed by atoms with van der Waals surface area (Å²) in [5.41, 5.74) is 0.102. The molecule has 2 amide bonds. The maximum atomic E-state index is 12.3. The van der Waals surface area contributed by atoms with Gasteiger partial charge < -0.3 is 9.80 Å². The third kappa shape index (κ3) is 3.38. The minimum Gasteiger partial charge on any atom is -0.343 e. The minimum absolute atomic E-state index is 0.102. The Hall–Kier alpha value is -1.92. The number of rotatable bonds is 4. The maximum absolute atomic E-state index is 12.3. The average molecular weight is 319 g/mol. The van der Waals surface area contributed by atoms with Crippen LogP contribution in [-0.2, 0) is 16.0 Å². The summed E-state index contributed by atoms with van der Waals surface area (Å²) in [6, 6.07) is 0. The van der Waals surface area contributed by atoms with Gasteiger partial charge in [-0.2, -0.15) is 5.10 Å². The van der Waals surface area contributed by atoms with Crippen LogP contribution in [0.4, 0.5) is 0 Å². The Bertz CT molecular complexity index is 589. The van der Waals surface area contributed by atoms with Gasteiger partial charge in [0, 0.05) is 50.9 Å². The maximum Gasteiger partial charge on any atom is 0.223 e. The molecule has 1 aromatic heterocycles. The highest BCUT2D eigenvalue weighted by atomic mass is 16.2. The molecule has 0 radical (unpaired) electrons. The fraction of sp³-hybridized carbons (Fsp3) is 0.750. The van der Waals surface area contributed by atoms with E-state index >= 15 is 0 Å². The molecule has 7 nitrogen and oxygen atoms in total. The van der Waals surface area contributed by atoms with Crippen molar-refractivity contribution in [3.63, 3.8) is 0 Å². The number of aromatic amines is 1. The number of carbonyl (C=O) groups excluding carboxylic acids is 2. The Kier molecular flexibility index (Phi) is 4.37. The molecule has 0 aliphatic carbocycles. The number of aromatic nitrogens is 3. The number of amides is 2. The van der Waals surface area contributed by atoms with Crippen molar-refractivity contribution in [3.05, 3.63) is 11.6 Å². The second-order valence-corrected chi connectivity index (χ2v) is 6.80. The summed E-state index contributed by atoms with van der Waals surface area (Å²) in [7, 11) is 0. The normalized spacial score (nSPS) is 20.5. The molecule has 2 aliphatic heterocycles. The van der Waals surface area contributed by atoms with Crippen molar-refractivity contribution in [2.75, 3.05) is 26.2 Å². The molecule has 2 saturated heterocycles. The van der Waals surface area contributed by atoms with E-state index in [0.717, 1.165) is 44.8 Å². The molecule has 2 aliphatic rings. The van der Waals surface area contributed by atoms with Gasteiger partial charge in [-0.25, -0.2) is 4.98 Å². The van der Waals surface area contributed by atoms with E-state index in [1.807, 2.05) is 23.6 Å². The predicted molar refractivity (Wildman–Crippen MR) is 84.6 cm³/mol. The molecule has 0 atom stereocenters. The van der Waals surface area contributed by atoms with E-state index in [4.69, 9.17) is 0 Å². The van der Waals surface area contributed by atoms with Crippen LogP contribution in [0.25, 0.3) is 0 Å².